The second kappa shape index (κ2) is 5.12. The molecule has 0 spiro atoms. The fourth-order valence-corrected chi connectivity index (χ4v) is 2.59. The molecule has 0 radical (unpaired) electrons. The van der Waals surface area contributed by atoms with E-state index in [9.17, 15) is 0 Å². The topological polar surface area (TPSA) is 29.3 Å². The van der Waals surface area contributed by atoms with Crippen LogP contribution >= 0.6 is 15.9 Å². The number of nitrogens with zero attached hydrogens (tertiary/aromatic N) is 2. The summed E-state index contributed by atoms with van der Waals surface area (Å²) in [5.41, 5.74) is 0. The van der Waals surface area contributed by atoms with E-state index in [2.05, 4.69) is 33.0 Å². The van der Waals surface area contributed by atoms with Crippen LogP contribution in [-0.4, -0.2) is 23.1 Å². The molecule has 0 unspecified atom stereocenters. The van der Waals surface area contributed by atoms with Gasteiger partial charge in [-0.1, -0.05) is 24.4 Å². The van der Waals surface area contributed by atoms with E-state index in [-0.39, 0.29) is 0 Å². The summed E-state index contributed by atoms with van der Waals surface area (Å²) >= 11 is 3.29. The van der Waals surface area contributed by atoms with Crippen LogP contribution in [0.25, 0.3) is 0 Å². The van der Waals surface area contributed by atoms with E-state index in [1.807, 2.05) is 6.07 Å². The molecule has 0 aliphatic heterocycles. The molecule has 0 aromatic carbocycles. The van der Waals surface area contributed by atoms with Crippen molar-refractivity contribution in [1.82, 2.24) is 10.1 Å². The van der Waals surface area contributed by atoms with Gasteiger partial charge in [-0.2, -0.15) is 0 Å². The van der Waals surface area contributed by atoms with E-state index in [0.717, 1.165) is 23.0 Å². The number of hydrogen-bond acceptors (Lipinski definition) is 3. The summed E-state index contributed by atoms with van der Waals surface area (Å²) in [5, 5.41) is 3.83. The summed E-state index contributed by atoms with van der Waals surface area (Å²) in [4.78, 5) is 2.38. The van der Waals surface area contributed by atoms with E-state index in [4.69, 9.17) is 4.52 Å². The molecule has 15 heavy (non-hydrogen) atoms. The van der Waals surface area contributed by atoms with Gasteiger partial charge in [-0.05, 0) is 35.8 Å². The smallest absolute Gasteiger partial charge is 0.151 e. The summed E-state index contributed by atoms with van der Waals surface area (Å²) in [6, 6.07) is 2.67. The van der Waals surface area contributed by atoms with Crippen molar-refractivity contribution < 1.29 is 4.52 Å². The Morgan fingerprint density at radius 2 is 2.20 bits per heavy atom. The number of hydrogen-bond donors (Lipinski definition) is 0. The third kappa shape index (κ3) is 3.05. The van der Waals surface area contributed by atoms with Crippen LogP contribution in [0.1, 0.15) is 37.9 Å². The van der Waals surface area contributed by atoms with Crippen LogP contribution in [-0.2, 0) is 6.54 Å². The molecule has 1 aliphatic carbocycles. The molecule has 0 N–H and O–H groups in total. The molecule has 0 amide bonds. The van der Waals surface area contributed by atoms with Gasteiger partial charge >= 0.3 is 0 Å². The molecule has 4 heteroatoms. The molecule has 84 valence electrons. The zero-order valence-corrected chi connectivity index (χ0v) is 10.7. The first-order valence-electron chi connectivity index (χ1n) is 5.57. The third-order valence-electron chi connectivity index (χ3n) is 3.13. The quantitative estimate of drug-likeness (QED) is 0.846. The van der Waals surface area contributed by atoms with Crippen molar-refractivity contribution in [1.29, 1.82) is 0 Å². The summed E-state index contributed by atoms with van der Waals surface area (Å²) in [7, 11) is 2.17. The zero-order valence-electron chi connectivity index (χ0n) is 9.08. The van der Waals surface area contributed by atoms with E-state index >= 15 is 0 Å². The second-order valence-electron chi connectivity index (χ2n) is 4.32. The van der Waals surface area contributed by atoms with Gasteiger partial charge in [0.1, 0.15) is 4.60 Å². The molecular formula is C11H17BrN2O. The molecule has 0 atom stereocenters. The van der Waals surface area contributed by atoms with Gasteiger partial charge < -0.3 is 4.52 Å². The largest absolute Gasteiger partial charge is 0.359 e. The van der Waals surface area contributed by atoms with Crippen LogP contribution < -0.4 is 0 Å². The van der Waals surface area contributed by atoms with E-state index in [0.29, 0.717) is 0 Å². The molecule has 1 aromatic rings. The second-order valence-corrected chi connectivity index (χ2v) is 5.14. The average molecular weight is 273 g/mol. The molecule has 1 saturated carbocycles. The Morgan fingerprint density at radius 1 is 1.47 bits per heavy atom. The normalized spacial score (nSPS) is 18.6. The Kier molecular flexibility index (Phi) is 3.81. The molecule has 0 bridgehead atoms. The van der Waals surface area contributed by atoms with Crippen molar-refractivity contribution in [3.05, 3.63) is 16.4 Å². The maximum atomic E-state index is 5.19. The van der Waals surface area contributed by atoms with Crippen LogP contribution in [0.3, 0.4) is 0 Å². The molecule has 1 fully saturated rings. The maximum Gasteiger partial charge on any atom is 0.151 e. The Bertz CT molecular complexity index is 307. The van der Waals surface area contributed by atoms with Crippen molar-refractivity contribution in [2.45, 2.75) is 44.7 Å². The minimum Gasteiger partial charge on any atom is -0.359 e. The lowest BCUT2D eigenvalue weighted by Gasteiger charge is -2.30. The minimum atomic E-state index is 0.725. The third-order valence-corrected chi connectivity index (χ3v) is 3.51. The lowest BCUT2D eigenvalue weighted by molar-refractivity contribution is 0.167. The standard InChI is InChI=1S/C11H17BrN2O/c1-14(9-5-3-2-4-6-9)8-10-7-11(12)13-15-10/h7,9H,2-6,8H2,1H3. The fraction of sp³-hybridized carbons (Fsp3) is 0.727. The summed E-state index contributed by atoms with van der Waals surface area (Å²) in [6.45, 7) is 0.864. The Labute approximate surface area is 98.9 Å². The van der Waals surface area contributed by atoms with Crippen molar-refractivity contribution in [3.8, 4) is 0 Å². The van der Waals surface area contributed by atoms with Crippen LogP contribution in [0, 0.1) is 0 Å². The Balaban J connectivity index is 1.88. The average Bonchev–Trinajstić information content (AvgIpc) is 2.65. The molecule has 0 saturated heterocycles. The van der Waals surface area contributed by atoms with Crippen LogP contribution in [0.15, 0.2) is 15.2 Å². The van der Waals surface area contributed by atoms with Crippen molar-refractivity contribution in [2.75, 3.05) is 7.05 Å². The minimum absolute atomic E-state index is 0.725. The van der Waals surface area contributed by atoms with Gasteiger partial charge in [0, 0.05) is 12.1 Å². The first-order valence-corrected chi connectivity index (χ1v) is 6.36. The highest BCUT2D eigenvalue weighted by atomic mass is 79.9. The summed E-state index contributed by atoms with van der Waals surface area (Å²) < 4.78 is 5.97. The van der Waals surface area contributed by atoms with Crippen LogP contribution in [0.4, 0.5) is 0 Å². The molecule has 1 heterocycles. The first-order chi connectivity index (χ1) is 7.25. The number of halogens is 1. The molecule has 1 aliphatic rings. The van der Waals surface area contributed by atoms with Crippen molar-refractivity contribution >= 4 is 15.9 Å². The van der Waals surface area contributed by atoms with Gasteiger partial charge in [-0.25, -0.2) is 0 Å². The Morgan fingerprint density at radius 3 is 2.80 bits per heavy atom. The van der Waals surface area contributed by atoms with Gasteiger partial charge in [-0.15, -0.1) is 0 Å². The monoisotopic (exact) mass is 272 g/mol. The predicted molar refractivity (Wildman–Crippen MR) is 62.5 cm³/mol. The lowest BCUT2D eigenvalue weighted by atomic mass is 9.94. The summed E-state index contributed by atoms with van der Waals surface area (Å²) in [6.07, 6.45) is 6.79. The predicted octanol–water partition coefficient (Wildman–Crippen LogP) is 3.20. The van der Waals surface area contributed by atoms with Gasteiger partial charge in [0.2, 0.25) is 0 Å². The van der Waals surface area contributed by atoms with E-state index in [1.54, 1.807) is 0 Å². The molecule has 1 aromatic heterocycles. The lowest BCUT2D eigenvalue weighted by Crippen LogP contribution is -2.32. The number of aromatic nitrogens is 1. The van der Waals surface area contributed by atoms with E-state index in [1.165, 1.54) is 32.1 Å². The van der Waals surface area contributed by atoms with Gasteiger partial charge in [0.15, 0.2) is 5.76 Å². The van der Waals surface area contributed by atoms with E-state index < -0.39 is 0 Å². The fourth-order valence-electron chi connectivity index (χ4n) is 2.26. The zero-order chi connectivity index (χ0) is 10.7. The Hall–Kier alpha value is -0.350. The highest BCUT2D eigenvalue weighted by molar-refractivity contribution is 9.10. The highest BCUT2D eigenvalue weighted by Gasteiger charge is 2.19. The van der Waals surface area contributed by atoms with Gasteiger partial charge in [-0.3, -0.25) is 4.90 Å². The van der Waals surface area contributed by atoms with Gasteiger partial charge in [0.05, 0.1) is 6.54 Å². The van der Waals surface area contributed by atoms with Crippen molar-refractivity contribution in [2.24, 2.45) is 0 Å². The summed E-state index contributed by atoms with van der Waals surface area (Å²) in [5.74, 6) is 0.940. The van der Waals surface area contributed by atoms with Gasteiger partial charge in [0.25, 0.3) is 0 Å². The SMILES string of the molecule is CN(Cc1cc(Br)no1)C1CCCCC1. The van der Waals surface area contributed by atoms with Crippen molar-refractivity contribution in [3.63, 3.8) is 0 Å². The molecular weight excluding hydrogens is 256 g/mol. The molecule has 3 nitrogen and oxygen atoms in total. The highest BCUT2D eigenvalue weighted by Crippen LogP contribution is 2.23. The molecule has 2 rings (SSSR count). The van der Waals surface area contributed by atoms with Crippen LogP contribution in [0.2, 0.25) is 0 Å². The first kappa shape index (κ1) is 11.1. The number of rotatable bonds is 3. The maximum absolute atomic E-state index is 5.19. The van der Waals surface area contributed by atoms with Crippen LogP contribution in [0.5, 0.6) is 0 Å².